The summed E-state index contributed by atoms with van der Waals surface area (Å²) in [6.07, 6.45) is 9.21. The van der Waals surface area contributed by atoms with Crippen molar-refractivity contribution in [3.8, 4) is 0 Å². The number of pyridine rings is 1. The van der Waals surface area contributed by atoms with Gasteiger partial charge in [0.05, 0.1) is 5.52 Å². The van der Waals surface area contributed by atoms with E-state index in [0.29, 0.717) is 0 Å². The van der Waals surface area contributed by atoms with E-state index < -0.39 is 0 Å². The molecule has 1 nitrogen and oxygen atoms in total. The highest BCUT2D eigenvalue weighted by molar-refractivity contribution is 8.93. The lowest BCUT2D eigenvalue weighted by Crippen LogP contribution is -1.91. The van der Waals surface area contributed by atoms with Gasteiger partial charge in [-0.1, -0.05) is 63.3 Å². The van der Waals surface area contributed by atoms with Crippen LogP contribution in [0.2, 0.25) is 0 Å². The molecule has 1 aromatic carbocycles. The van der Waals surface area contributed by atoms with Crippen molar-refractivity contribution in [2.45, 2.75) is 51.9 Å². The highest BCUT2D eigenvalue weighted by Crippen LogP contribution is 2.14. The van der Waals surface area contributed by atoms with Crippen molar-refractivity contribution in [1.82, 2.24) is 4.98 Å². The zero-order valence-corrected chi connectivity index (χ0v) is 13.5. The molecular weight excluding hydrogens is 298 g/mol. The second kappa shape index (κ2) is 9.08. The number of nitrogens with zero attached hydrogens (tertiary/aromatic N) is 1. The van der Waals surface area contributed by atoms with Gasteiger partial charge in [0.1, 0.15) is 0 Å². The first kappa shape index (κ1) is 16.2. The van der Waals surface area contributed by atoms with Crippen LogP contribution in [-0.4, -0.2) is 4.98 Å². The smallest absolute Gasteiger partial charge is 0.0705 e. The van der Waals surface area contributed by atoms with Gasteiger partial charge in [0.15, 0.2) is 0 Å². The molecule has 0 unspecified atom stereocenters. The highest BCUT2D eigenvalue weighted by Gasteiger charge is 1.98. The van der Waals surface area contributed by atoms with Crippen molar-refractivity contribution < 1.29 is 0 Å². The van der Waals surface area contributed by atoms with Gasteiger partial charge in [0, 0.05) is 11.1 Å². The summed E-state index contributed by atoms with van der Waals surface area (Å²) in [4.78, 5) is 4.71. The van der Waals surface area contributed by atoms with E-state index in [9.17, 15) is 0 Å². The Hall–Kier alpha value is -0.890. The van der Waals surface area contributed by atoms with Gasteiger partial charge in [-0.15, -0.1) is 17.0 Å². The van der Waals surface area contributed by atoms with Gasteiger partial charge in [0.25, 0.3) is 0 Å². The van der Waals surface area contributed by atoms with Gasteiger partial charge in [-0.25, -0.2) is 0 Å². The molecule has 0 radical (unpaired) electrons. The molecule has 0 aliphatic rings. The zero-order chi connectivity index (χ0) is 12.6. The third-order valence-electron chi connectivity index (χ3n) is 3.44. The van der Waals surface area contributed by atoms with Crippen molar-refractivity contribution in [2.75, 3.05) is 0 Å². The van der Waals surface area contributed by atoms with E-state index in [1.54, 1.807) is 0 Å². The average molecular weight is 322 g/mol. The van der Waals surface area contributed by atoms with Crippen molar-refractivity contribution in [3.05, 3.63) is 42.1 Å². The molecule has 0 saturated carbocycles. The number of aryl methyl sites for hydroxylation is 1. The number of para-hydroxylation sites is 1. The number of fused-ring (bicyclic) bond motifs is 1. The number of hydrogen-bond donors (Lipinski definition) is 0. The van der Waals surface area contributed by atoms with Gasteiger partial charge in [-0.05, 0) is 25.0 Å². The summed E-state index contributed by atoms with van der Waals surface area (Å²) in [6.45, 7) is 2.26. The fraction of sp³-hybridized carbons (Fsp3) is 0.471. The molecule has 104 valence electrons. The minimum absolute atomic E-state index is 0. The van der Waals surface area contributed by atoms with E-state index in [4.69, 9.17) is 4.98 Å². The van der Waals surface area contributed by atoms with E-state index in [1.807, 2.05) is 0 Å². The first-order valence-electron chi connectivity index (χ1n) is 7.25. The Bertz CT molecular complexity index is 481. The molecule has 0 N–H and O–H groups in total. The minimum Gasteiger partial charge on any atom is -0.253 e. The summed E-state index contributed by atoms with van der Waals surface area (Å²) < 4.78 is 0. The summed E-state index contributed by atoms with van der Waals surface area (Å²) in [5.41, 5.74) is 2.37. The molecule has 2 aromatic rings. The predicted octanol–water partition coefficient (Wildman–Crippen LogP) is 5.72. The number of halogens is 1. The lowest BCUT2D eigenvalue weighted by Gasteiger charge is -2.03. The molecule has 0 fully saturated rings. The van der Waals surface area contributed by atoms with Gasteiger partial charge >= 0.3 is 0 Å². The first-order valence-corrected chi connectivity index (χ1v) is 7.25. The van der Waals surface area contributed by atoms with E-state index in [2.05, 4.69) is 43.3 Å². The van der Waals surface area contributed by atoms with Crippen LogP contribution in [0.3, 0.4) is 0 Å². The van der Waals surface area contributed by atoms with Crippen molar-refractivity contribution >= 4 is 27.9 Å². The SMILES string of the molecule is Br.CCCCCCCCc1ccc2ccccc2n1. The molecule has 2 rings (SSSR count). The largest absolute Gasteiger partial charge is 0.253 e. The summed E-state index contributed by atoms with van der Waals surface area (Å²) >= 11 is 0. The monoisotopic (exact) mass is 321 g/mol. The van der Waals surface area contributed by atoms with E-state index in [1.165, 1.54) is 49.6 Å². The third kappa shape index (κ3) is 5.32. The summed E-state index contributed by atoms with van der Waals surface area (Å²) in [6, 6.07) is 12.7. The first-order chi connectivity index (χ1) is 8.90. The van der Waals surface area contributed by atoms with Gasteiger partial charge in [-0.2, -0.15) is 0 Å². The van der Waals surface area contributed by atoms with Crippen LogP contribution in [0.1, 0.15) is 51.1 Å². The van der Waals surface area contributed by atoms with Crippen LogP contribution in [0.4, 0.5) is 0 Å². The normalized spacial score (nSPS) is 10.4. The second-order valence-electron chi connectivity index (χ2n) is 5.01. The lowest BCUT2D eigenvalue weighted by molar-refractivity contribution is 0.605. The topological polar surface area (TPSA) is 12.9 Å². The molecule has 0 aliphatic carbocycles. The molecule has 0 bridgehead atoms. The highest BCUT2D eigenvalue weighted by atomic mass is 79.9. The van der Waals surface area contributed by atoms with Gasteiger partial charge in [0.2, 0.25) is 0 Å². The molecule has 0 saturated heterocycles. The standard InChI is InChI=1S/C17H23N.BrH/c1-2-3-4-5-6-7-11-16-14-13-15-10-8-9-12-17(15)18-16;/h8-10,12-14H,2-7,11H2,1H3;1H. The fourth-order valence-corrected chi connectivity index (χ4v) is 2.33. The third-order valence-corrected chi connectivity index (χ3v) is 3.44. The van der Waals surface area contributed by atoms with Crippen LogP contribution in [0.15, 0.2) is 36.4 Å². The number of rotatable bonds is 7. The Morgan fingerprint density at radius 1 is 0.842 bits per heavy atom. The molecule has 2 heteroatoms. The number of unbranched alkanes of at least 4 members (excludes halogenated alkanes) is 5. The lowest BCUT2D eigenvalue weighted by atomic mass is 10.1. The Morgan fingerprint density at radius 3 is 2.42 bits per heavy atom. The maximum absolute atomic E-state index is 4.71. The van der Waals surface area contributed by atoms with Crippen molar-refractivity contribution in [1.29, 1.82) is 0 Å². The molecule has 0 spiro atoms. The number of aromatic nitrogens is 1. The van der Waals surface area contributed by atoms with Crippen LogP contribution >= 0.6 is 17.0 Å². The molecular formula is C17H24BrN. The van der Waals surface area contributed by atoms with Crippen LogP contribution in [0, 0.1) is 0 Å². The number of hydrogen-bond acceptors (Lipinski definition) is 1. The van der Waals surface area contributed by atoms with E-state index in [-0.39, 0.29) is 17.0 Å². The molecule has 0 atom stereocenters. The van der Waals surface area contributed by atoms with E-state index >= 15 is 0 Å². The summed E-state index contributed by atoms with van der Waals surface area (Å²) in [7, 11) is 0. The maximum atomic E-state index is 4.71. The number of benzene rings is 1. The summed E-state index contributed by atoms with van der Waals surface area (Å²) in [5, 5.41) is 1.24. The molecule has 0 amide bonds. The predicted molar refractivity (Wildman–Crippen MR) is 89.1 cm³/mol. The minimum atomic E-state index is 0. The van der Waals surface area contributed by atoms with Gasteiger partial charge in [-0.3, -0.25) is 4.98 Å². The van der Waals surface area contributed by atoms with Gasteiger partial charge < -0.3 is 0 Å². The molecule has 1 aromatic heterocycles. The van der Waals surface area contributed by atoms with Crippen LogP contribution in [0.5, 0.6) is 0 Å². The average Bonchev–Trinajstić information content (AvgIpc) is 2.42. The Balaban J connectivity index is 0.00000180. The Labute approximate surface area is 127 Å². The quantitative estimate of drug-likeness (QED) is 0.594. The van der Waals surface area contributed by atoms with Crippen LogP contribution in [-0.2, 0) is 6.42 Å². The molecule has 0 aliphatic heterocycles. The zero-order valence-electron chi connectivity index (χ0n) is 11.8. The summed E-state index contributed by atoms with van der Waals surface area (Å²) in [5.74, 6) is 0. The molecule has 1 heterocycles. The van der Waals surface area contributed by atoms with Crippen LogP contribution < -0.4 is 0 Å². The van der Waals surface area contributed by atoms with Crippen molar-refractivity contribution in [3.63, 3.8) is 0 Å². The Kier molecular flexibility index (Phi) is 7.73. The maximum Gasteiger partial charge on any atom is 0.0705 e. The van der Waals surface area contributed by atoms with E-state index in [0.717, 1.165) is 11.9 Å². The second-order valence-corrected chi connectivity index (χ2v) is 5.01. The fourth-order valence-electron chi connectivity index (χ4n) is 2.33. The van der Waals surface area contributed by atoms with Crippen molar-refractivity contribution in [2.24, 2.45) is 0 Å². The Morgan fingerprint density at radius 2 is 1.58 bits per heavy atom. The van der Waals surface area contributed by atoms with Crippen LogP contribution in [0.25, 0.3) is 10.9 Å². The molecule has 19 heavy (non-hydrogen) atoms.